The normalized spacial score (nSPS) is 19.9. The van der Waals surface area contributed by atoms with Crippen LogP contribution in [0.25, 0.3) is 0 Å². The van der Waals surface area contributed by atoms with Gasteiger partial charge in [-0.3, -0.25) is 4.79 Å². The number of benzene rings is 1. The second-order valence-electron chi connectivity index (χ2n) is 9.78. The molecule has 0 unspecified atom stereocenters. The number of amides is 1. The Balaban J connectivity index is 1.18. The highest BCUT2D eigenvalue weighted by atomic mass is 32.2. The van der Waals surface area contributed by atoms with E-state index in [1.54, 1.807) is 24.3 Å². The summed E-state index contributed by atoms with van der Waals surface area (Å²) in [5.74, 6) is 0.968. The van der Waals surface area contributed by atoms with Crippen molar-refractivity contribution in [1.82, 2.24) is 19.6 Å². The van der Waals surface area contributed by atoms with E-state index in [9.17, 15) is 18.5 Å². The van der Waals surface area contributed by atoms with E-state index >= 15 is 0 Å². The van der Waals surface area contributed by atoms with Crippen molar-refractivity contribution in [1.29, 1.82) is 5.26 Å². The van der Waals surface area contributed by atoms with Crippen molar-refractivity contribution in [2.24, 2.45) is 0 Å². The summed E-state index contributed by atoms with van der Waals surface area (Å²) in [6.07, 6.45) is 7.28. The van der Waals surface area contributed by atoms with Gasteiger partial charge in [0.05, 0.1) is 17.6 Å². The minimum absolute atomic E-state index is 0.0336. The predicted molar refractivity (Wildman–Crippen MR) is 140 cm³/mol. The van der Waals surface area contributed by atoms with Crippen molar-refractivity contribution in [3.05, 3.63) is 36.0 Å². The summed E-state index contributed by atoms with van der Waals surface area (Å²) in [4.78, 5) is 22.7. The Kier molecular flexibility index (Phi) is 7.43. The van der Waals surface area contributed by atoms with E-state index in [1.165, 1.54) is 23.3 Å². The van der Waals surface area contributed by atoms with E-state index in [1.807, 2.05) is 4.90 Å². The summed E-state index contributed by atoms with van der Waals surface area (Å²) in [7, 11) is -3.62. The number of aromatic nitrogens is 2. The highest BCUT2D eigenvalue weighted by molar-refractivity contribution is 7.89. The summed E-state index contributed by atoms with van der Waals surface area (Å²) in [6, 6.07) is 9.28. The number of nitriles is 1. The Morgan fingerprint density at radius 1 is 1.00 bits per heavy atom. The maximum atomic E-state index is 13.2. The number of piperidine rings is 1. The van der Waals surface area contributed by atoms with Crippen LogP contribution in [0.3, 0.4) is 0 Å². The fourth-order valence-corrected chi connectivity index (χ4v) is 6.64. The zero-order chi connectivity index (χ0) is 25.8. The van der Waals surface area contributed by atoms with Crippen molar-refractivity contribution in [3.63, 3.8) is 0 Å². The number of hydrogen-bond donors (Lipinski definition) is 3. The molecule has 196 valence electrons. The van der Waals surface area contributed by atoms with Gasteiger partial charge in [-0.2, -0.15) is 14.6 Å². The van der Waals surface area contributed by atoms with Gasteiger partial charge in [-0.15, -0.1) is 0 Å². The largest absolute Gasteiger partial charge is 0.366 e. The van der Waals surface area contributed by atoms with Crippen molar-refractivity contribution in [2.45, 2.75) is 55.5 Å². The van der Waals surface area contributed by atoms with Gasteiger partial charge in [0.15, 0.2) is 0 Å². The number of piperazine rings is 1. The van der Waals surface area contributed by atoms with E-state index in [-0.39, 0.29) is 23.4 Å². The van der Waals surface area contributed by atoms with Crippen LogP contribution in [-0.2, 0) is 14.8 Å². The fraction of sp³-hybridized carbons (Fsp3) is 0.520. The van der Waals surface area contributed by atoms with Crippen LogP contribution in [-0.4, -0.2) is 73.4 Å². The summed E-state index contributed by atoms with van der Waals surface area (Å²) < 4.78 is 28.0. The first-order valence-electron chi connectivity index (χ1n) is 12.8. The smallest absolute Gasteiger partial charge is 0.243 e. The SMILES string of the molecule is N#Cc1cnc(NC2CCN(S(=O)(=O)c3ccc(N4CCNC(=O)C4)cc3)CC2)nc1NC1CCCC1. The minimum Gasteiger partial charge on any atom is -0.366 e. The van der Waals surface area contributed by atoms with Gasteiger partial charge in [-0.05, 0) is 49.9 Å². The molecule has 37 heavy (non-hydrogen) atoms. The Hall–Kier alpha value is -3.43. The van der Waals surface area contributed by atoms with Crippen LogP contribution in [0.4, 0.5) is 17.5 Å². The standard InChI is InChI=1S/C25H32N8O3S/c26-15-18-16-28-25(31-24(18)29-19-3-1-2-4-19)30-20-9-12-33(13-10-20)37(35,36)22-7-5-21(6-8-22)32-14-11-27-23(34)17-32/h5-8,16,19-20H,1-4,9-14,17H2,(H,27,34)(H2,28,29,30,31). The van der Waals surface area contributed by atoms with Gasteiger partial charge in [-0.1, -0.05) is 12.8 Å². The molecule has 1 aliphatic carbocycles. The van der Waals surface area contributed by atoms with E-state index < -0.39 is 10.0 Å². The molecule has 12 heteroatoms. The first-order chi connectivity index (χ1) is 17.9. The van der Waals surface area contributed by atoms with E-state index in [2.05, 4.69) is 32.0 Å². The van der Waals surface area contributed by atoms with Gasteiger partial charge in [0, 0.05) is 44.0 Å². The Labute approximate surface area is 217 Å². The summed E-state index contributed by atoms with van der Waals surface area (Å²) in [5.41, 5.74) is 1.26. The third kappa shape index (κ3) is 5.78. The van der Waals surface area contributed by atoms with Gasteiger partial charge in [0.1, 0.15) is 17.5 Å². The van der Waals surface area contributed by atoms with Crippen molar-refractivity contribution < 1.29 is 13.2 Å². The van der Waals surface area contributed by atoms with Gasteiger partial charge < -0.3 is 20.9 Å². The molecule has 11 nitrogen and oxygen atoms in total. The average molecular weight is 525 g/mol. The van der Waals surface area contributed by atoms with Crippen LogP contribution in [0, 0.1) is 11.3 Å². The third-order valence-corrected chi connectivity index (χ3v) is 9.18. The molecule has 1 amide bonds. The average Bonchev–Trinajstić information content (AvgIpc) is 3.42. The molecule has 0 radical (unpaired) electrons. The van der Waals surface area contributed by atoms with Crippen molar-refractivity contribution in [3.8, 4) is 6.07 Å². The monoisotopic (exact) mass is 524 g/mol. The summed E-state index contributed by atoms with van der Waals surface area (Å²) >= 11 is 0. The minimum atomic E-state index is -3.62. The Morgan fingerprint density at radius 2 is 1.70 bits per heavy atom. The molecule has 0 spiro atoms. The van der Waals surface area contributed by atoms with E-state index in [0.717, 1.165) is 18.5 Å². The molecule has 2 aliphatic heterocycles. The van der Waals surface area contributed by atoms with Crippen LogP contribution < -0.4 is 20.9 Å². The third-order valence-electron chi connectivity index (χ3n) is 7.27. The van der Waals surface area contributed by atoms with Gasteiger partial charge in [0.2, 0.25) is 21.9 Å². The predicted octanol–water partition coefficient (Wildman–Crippen LogP) is 1.90. The van der Waals surface area contributed by atoms with Crippen LogP contribution in [0.5, 0.6) is 0 Å². The lowest BCUT2D eigenvalue weighted by Gasteiger charge is -2.32. The van der Waals surface area contributed by atoms with E-state index in [4.69, 9.17) is 0 Å². The zero-order valence-electron chi connectivity index (χ0n) is 20.7. The van der Waals surface area contributed by atoms with Crippen LogP contribution in [0.15, 0.2) is 35.4 Å². The molecule has 1 aromatic carbocycles. The molecule has 5 rings (SSSR count). The molecular formula is C25H32N8O3S. The lowest BCUT2D eigenvalue weighted by Crippen LogP contribution is -2.47. The first-order valence-corrected chi connectivity index (χ1v) is 14.3. The number of carbonyl (C=O) groups excluding carboxylic acids is 1. The molecule has 3 heterocycles. The van der Waals surface area contributed by atoms with Gasteiger partial charge in [0.25, 0.3) is 0 Å². The van der Waals surface area contributed by atoms with Crippen LogP contribution >= 0.6 is 0 Å². The fourth-order valence-electron chi connectivity index (χ4n) is 5.17. The molecule has 2 saturated heterocycles. The summed E-state index contributed by atoms with van der Waals surface area (Å²) in [6.45, 7) is 2.32. The lowest BCUT2D eigenvalue weighted by atomic mass is 10.1. The molecule has 0 atom stereocenters. The summed E-state index contributed by atoms with van der Waals surface area (Å²) in [5, 5.41) is 18.9. The molecule has 3 fully saturated rings. The molecule has 2 aromatic rings. The first kappa shape index (κ1) is 25.2. The molecule has 0 bridgehead atoms. The second-order valence-corrected chi connectivity index (χ2v) is 11.7. The topological polar surface area (TPSA) is 143 Å². The number of carbonyl (C=O) groups is 1. The maximum absolute atomic E-state index is 13.2. The highest BCUT2D eigenvalue weighted by Gasteiger charge is 2.30. The quantitative estimate of drug-likeness (QED) is 0.495. The second kappa shape index (κ2) is 10.9. The Morgan fingerprint density at radius 3 is 2.38 bits per heavy atom. The highest BCUT2D eigenvalue weighted by Crippen LogP contribution is 2.26. The number of nitrogens with zero attached hydrogens (tertiary/aromatic N) is 5. The lowest BCUT2D eigenvalue weighted by molar-refractivity contribution is -0.120. The van der Waals surface area contributed by atoms with Crippen LogP contribution in [0.2, 0.25) is 0 Å². The number of anilines is 3. The number of sulfonamides is 1. The molecular weight excluding hydrogens is 492 g/mol. The molecule has 3 aliphatic rings. The molecule has 1 aromatic heterocycles. The van der Waals surface area contributed by atoms with E-state index in [0.29, 0.717) is 62.4 Å². The molecule has 1 saturated carbocycles. The van der Waals surface area contributed by atoms with Crippen molar-refractivity contribution >= 4 is 33.4 Å². The maximum Gasteiger partial charge on any atom is 0.243 e. The number of rotatable bonds is 7. The zero-order valence-corrected chi connectivity index (χ0v) is 21.5. The number of hydrogen-bond acceptors (Lipinski definition) is 9. The molecule has 3 N–H and O–H groups in total. The van der Waals surface area contributed by atoms with Gasteiger partial charge in [-0.25, -0.2) is 13.4 Å². The Bertz CT molecular complexity index is 1260. The van der Waals surface area contributed by atoms with Crippen molar-refractivity contribution in [2.75, 3.05) is 48.3 Å². The van der Waals surface area contributed by atoms with Gasteiger partial charge >= 0.3 is 0 Å². The van der Waals surface area contributed by atoms with Crippen LogP contribution in [0.1, 0.15) is 44.1 Å². The number of nitrogens with one attached hydrogen (secondary N) is 3.